The summed E-state index contributed by atoms with van der Waals surface area (Å²) in [5.41, 5.74) is 1.23. The minimum atomic E-state index is -0.508. The molecule has 0 unspecified atom stereocenters. The molecule has 0 aliphatic carbocycles. The van der Waals surface area contributed by atoms with Crippen LogP contribution in [-0.2, 0) is 4.74 Å². The van der Waals surface area contributed by atoms with E-state index in [9.17, 15) is 9.59 Å². The van der Waals surface area contributed by atoms with Crippen molar-refractivity contribution in [2.24, 2.45) is 0 Å². The largest absolute Gasteiger partial charge is 0.444 e. The number of hydrogen-bond acceptors (Lipinski definition) is 3. The second-order valence-electron chi connectivity index (χ2n) is 6.66. The van der Waals surface area contributed by atoms with Crippen LogP contribution in [0, 0.1) is 0 Å². The van der Waals surface area contributed by atoms with E-state index in [4.69, 9.17) is 4.74 Å². The zero-order chi connectivity index (χ0) is 15.2. The topological polar surface area (TPSA) is 58.6 Å². The van der Waals surface area contributed by atoms with Crippen molar-refractivity contribution in [1.29, 1.82) is 0 Å². The summed E-state index contributed by atoms with van der Waals surface area (Å²) in [6.07, 6.45) is -0.316. The third-order valence-electron chi connectivity index (χ3n) is 3.89. The molecule has 0 bridgehead atoms. The Labute approximate surface area is 124 Å². The van der Waals surface area contributed by atoms with E-state index in [1.165, 1.54) is 0 Å². The van der Waals surface area contributed by atoms with Gasteiger partial charge in [0.1, 0.15) is 5.60 Å². The number of benzene rings is 1. The normalized spacial score (nSPS) is 24.1. The summed E-state index contributed by atoms with van der Waals surface area (Å²) in [7, 11) is 0. The van der Waals surface area contributed by atoms with Gasteiger partial charge in [-0.3, -0.25) is 4.79 Å². The quantitative estimate of drug-likeness (QED) is 0.795. The molecule has 3 rings (SSSR count). The molecule has 2 heterocycles. The minimum Gasteiger partial charge on any atom is -0.444 e. The molecule has 112 valence electrons. The molecule has 2 atom stereocenters. The van der Waals surface area contributed by atoms with Crippen LogP contribution in [0.3, 0.4) is 0 Å². The Kier molecular flexibility index (Phi) is 3.15. The highest BCUT2D eigenvalue weighted by Gasteiger charge is 2.42. The highest BCUT2D eigenvalue weighted by molar-refractivity contribution is 5.97. The Bertz CT molecular complexity index is 591. The number of carbonyl (C=O) groups is 2. The van der Waals surface area contributed by atoms with E-state index in [1.807, 2.05) is 45.0 Å². The van der Waals surface area contributed by atoms with Crippen LogP contribution in [0.4, 0.5) is 4.79 Å². The third-order valence-corrected chi connectivity index (χ3v) is 3.89. The number of likely N-dealkylation sites (tertiary alicyclic amines) is 1. The van der Waals surface area contributed by atoms with Gasteiger partial charge >= 0.3 is 6.09 Å². The third kappa shape index (κ3) is 2.60. The van der Waals surface area contributed by atoms with Gasteiger partial charge in [-0.05, 0) is 32.4 Å². The van der Waals surface area contributed by atoms with Crippen molar-refractivity contribution in [3.8, 4) is 0 Å². The van der Waals surface area contributed by atoms with E-state index in [-0.39, 0.29) is 24.0 Å². The Hall–Kier alpha value is -2.04. The minimum absolute atomic E-state index is 0.0279. The van der Waals surface area contributed by atoms with E-state index in [2.05, 4.69) is 5.32 Å². The van der Waals surface area contributed by atoms with Crippen LogP contribution in [-0.4, -0.2) is 41.6 Å². The first kappa shape index (κ1) is 13.9. The Balaban J connectivity index is 1.81. The number of ether oxygens (including phenoxy) is 1. The summed E-state index contributed by atoms with van der Waals surface area (Å²) in [5, 5.41) is 2.99. The molecule has 0 radical (unpaired) electrons. The number of fused-ring (bicyclic) bond motifs is 3. The van der Waals surface area contributed by atoms with E-state index < -0.39 is 5.60 Å². The molecule has 1 aromatic carbocycles. The van der Waals surface area contributed by atoms with E-state index in [1.54, 1.807) is 4.90 Å². The fraction of sp³-hybridized carbons (Fsp3) is 0.500. The van der Waals surface area contributed by atoms with Crippen LogP contribution in [0.5, 0.6) is 0 Å². The molecule has 1 saturated heterocycles. The van der Waals surface area contributed by atoms with Crippen LogP contribution >= 0.6 is 0 Å². The van der Waals surface area contributed by atoms with Gasteiger partial charge in [0.25, 0.3) is 5.91 Å². The standard InChI is InChI=1S/C16H20N2O3/c1-16(2,3)21-15(20)18-8-12-10-6-4-5-7-11(10)14(19)17-13(12)9-18/h4-7,12-13H,8-9H2,1-3H3,(H,17,19)/t12-,13-/m0/s1. The van der Waals surface area contributed by atoms with Gasteiger partial charge in [-0.2, -0.15) is 0 Å². The smallest absolute Gasteiger partial charge is 0.410 e. The van der Waals surface area contributed by atoms with Crippen molar-refractivity contribution in [3.63, 3.8) is 0 Å². The molecule has 21 heavy (non-hydrogen) atoms. The molecule has 1 N–H and O–H groups in total. The average molecular weight is 288 g/mol. The molecule has 5 heteroatoms. The van der Waals surface area contributed by atoms with E-state index in [0.29, 0.717) is 18.7 Å². The molecule has 1 aromatic rings. The highest BCUT2D eigenvalue weighted by atomic mass is 16.6. The number of nitrogens with zero attached hydrogens (tertiary/aromatic N) is 1. The fourth-order valence-electron chi connectivity index (χ4n) is 3.01. The summed E-state index contributed by atoms with van der Waals surface area (Å²) in [6, 6.07) is 7.57. The van der Waals surface area contributed by atoms with Crippen molar-refractivity contribution in [2.45, 2.75) is 38.3 Å². The molecule has 0 spiro atoms. The molecule has 2 aliphatic rings. The van der Waals surface area contributed by atoms with Crippen LogP contribution in [0.1, 0.15) is 42.6 Å². The number of carbonyl (C=O) groups excluding carboxylic acids is 2. The van der Waals surface area contributed by atoms with Crippen LogP contribution in [0.15, 0.2) is 24.3 Å². The first-order valence-corrected chi connectivity index (χ1v) is 7.23. The maximum Gasteiger partial charge on any atom is 0.410 e. The first-order chi connectivity index (χ1) is 9.85. The predicted molar refractivity (Wildman–Crippen MR) is 78.2 cm³/mol. The lowest BCUT2D eigenvalue weighted by atomic mass is 9.86. The molecule has 0 saturated carbocycles. The highest BCUT2D eigenvalue weighted by Crippen LogP contribution is 2.34. The Morgan fingerprint density at radius 1 is 1.29 bits per heavy atom. The van der Waals surface area contributed by atoms with Gasteiger partial charge in [0, 0.05) is 24.6 Å². The monoisotopic (exact) mass is 288 g/mol. The van der Waals surface area contributed by atoms with Crippen molar-refractivity contribution >= 4 is 12.0 Å². The SMILES string of the molecule is CC(C)(C)OC(=O)N1C[C@@H]2NC(=O)c3ccccc3[C@@H]2C1. The van der Waals surface area contributed by atoms with Crippen LogP contribution in [0.25, 0.3) is 0 Å². The molecule has 5 nitrogen and oxygen atoms in total. The Morgan fingerprint density at radius 2 is 2.00 bits per heavy atom. The molecular formula is C16H20N2O3. The van der Waals surface area contributed by atoms with Gasteiger partial charge in [-0.1, -0.05) is 18.2 Å². The second kappa shape index (κ2) is 4.76. The zero-order valence-corrected chi connectivity index (χ0v) is 12.6. The van der Waals surface area contributed by atoms with Gasteiger partial charge in [0.15, 0.2) is 0 Å². The number of amides is 2. The van der Waals surface area contributed by atoms with Gasteiger partial charge in [0.05, 0.1) is 6.04 Å². The van der Waals surface area contributed by atoms with Gasteiger partial charge in [-0.25, -0.2) is 4.79 Å². The molecule has 2 amide bonds. The summed E-state index contributed by atoms with van der Waals surface area (Å²) in [4.78, 5) is 26.0. The molecule has 2 aliphatic heterocycles. The fourth-order valence-corrected chi connectivity index (χ4v) is 3.01. The van der Waals surface area contributed by atoms with E-state index in [0.717, 1.165) is 5.56 Å². The van der Waals surface area contributed by atoms with Gasteiger partial charge in [0.2, 0.25) is 0 Å². The number of hydrogen-bond donors (Lipinski definition) is 1. The lowest BCUT2D eigenvalue weighted by Crippen LogP contribution is -2.44. The van der Waals surface area contributed by atoms with Gasteiger partial charge in [-0.15, -0.1) is 0 Å². The zero-order valence-electron chi connectivity index (χ0n) is 12.6. The van der Waals surface area contributed by atoms with Gasteiger partial charge < -0.3 is 15.0 Å². The molecular weight excluding hydrogens is 268 g/mol. The summed E-state index contributed by atoms with van der Waals surface area (Å²) in [6.45, 7) is 6.64. The second-order valence-corrected chi connectivity index (χ2v) is 6.66. The summed E-state index contributed by atoms with van der Waals surface area (Å²) >= 11 is 0. The maximum atomic E-state index is 12.2. The number of nitrogens with one attached hydrogen (secondary N) is 1. The maximum absolute atomic E-state index is 12.2. The number of rotatable bonds is 0. The Morgan fingerprint density at radius 3 is 2.71 bits per heavy atom. The molecule has 0 aromatic heterocycles. The lowest BCUT2D eigenvalue weighted by Gasteiger charge is -2.27. The average Bonchev–Trinajstić information content (AvgIpc) is 2.81. The first-order valence-electron chi connectivity index (χ1n) is 7.23. The lowest BCUT2D eigenvalue weighted by molar-refractivity contribution is 0.0288. The van der Waals surface area contributed by atoms with Crippen LogP contribution in [0.2, 0.25) is 0 Å². The predicted octanol–water partition coefficient (Wildman–Crippen LogP) is 2.13. The summed E-state index contributed by atoms with van der Waals surface area (Å²) < 4.78 is 5.42. The van der Waals surface area contributed by atoms with Crippen LogP contribution < -0.4 is 5.32 Å². The van der Waals surface area contributed by atoms with Crippen molar-refractivity contribution < 1.29 is 14.3 Å². The summed E-state index contributed by atoms with van der Waals surface area (Å²) in [5.74, 6) is 0.0873. The van der Waals surface area contributed by atoms with E-state index >= 15 is 0 Å². The van der Waals surface area contributed by atoms with Crippen molar-refractivity contribution in [1.82, 2.24) is 10.2 Å². The molecule has 1 fully saturated rings. The van der Waals surface area contributed by atoms with Crippen molar-refractivity contribution in [2.75, 3.05) is 13.1 Å². The van der Waals surface area contributed by atoms with Crippen molar-refractivity contribution in [3.05, 3.63) is 35.4 Å².